The average Bonchev–Trinajstić information content (AvgIpc) is 3.21. The lowest BCUT2D eigenvalue weighted by Crippen LogP contribution is -2.26. The first-order chi connectivity index (χ1) is 15.1. The highest BCUT2D eigenvalue weighted by Gasteiger charge is 2.38. The highest BCUT2D eigenvalue weighted by atomic mass is 35.5. The van der Waals surface area contributed by atoms with E-state index in [1.165, 1.54) is 19.1 Å². The van der Waals surface area contributed by atoms with Gasteiger partial charge in [-0.15, -0.1) is 0 Å². The molecule has 0 saturated carbocycles. The summed E-state index contributed by atoms with van der Waals surface area (Å²) < 4.78 is 51.5. The maximum atomic E-state index is 14.6. The minimum atomic E-state index is -3.04. The lowest BCUT2D eigenvalue weighted by Gasteiger charge is -2.23. The third-order valence-corrected chi connectivity index (χ3v) is 4.85. The number of hydrogen-bond donors (Lipinski definition) is 3. The molecule has 1 aliphatic rings. The van der Waals surface area contributed by atoms with Gasteiger partial charge in [0.2, 0.25) is 5.28 Å². The number of rotatable bonds is 8. The molecule has 3 rings (SSSR count). The lowest BCUT2D eigenvalue weighted by atomic mass is 9.99. The van der Waals surface area contributed by atoms with Crippen LogP contribution in [0.2, 0.25) is 5.28 Å². The third kappa shape index (κ3) is 4.76. The molecule has 1 aromatic heterocycles. The first-order valence-corrected chi connectivity index (χ1v) is 9.58. The van der Waals surface area contributed by atoms with Crippen molar-refractivity contribution in [1.29, 1.82) is 0 Å². The van der Waals surface area contributed by atoms with Crippen LogP contribution < -0.4 is 5.32 Å². The van der Waals surface area contributed by atoms with Gasteiger partial charge in [-0.05, 0) is 18.5 Å². The Balaban J connectivity index is 2.11. The predicted molar refractivity (Wildman–Crippen MR) is 103 cm³/mol. The van der Waals surface area contributed by atoms with Gasteiger partial charge >= 0.3 is 11.9 Å². The molecule has 0 bridgehead atoms. The summed E-state index contributed by atoms with van der Waals surface area (Å²) in [6, 6.07) is 2.51. The van der Waals surface area contributed by atoms with Gasteiger partial charge in [0.1, 0.15) is 11.6 Å². The first kappa shape index (κ1) is 23.7. The fourth-order valence-corrected chi connectivity index (χ4v) is 3.42. The van der Waals surface area contributed by atoms with E-state index in [-0.39, 0.29) is 30.2 Å². The molecular formula is C19H17ClF3N3O6. The molecule has 1 aromatic carbocycles. The van der Waals surface area contributed by atoms with Gasteiger partial charge in [0, 0.05) is 5.56 Å². The molecule has 1 aliphatic heterocycles. The molecule has 32 heavy (non-hydrogen) atoms. The SMILES string of the molecule is CC(Nc1nc(Cl)nc(C(C(=O)O)C(=O)O)c1C1OCCO1)c1cccc(C(F)F)c1F. The Morgan fingerprint density at radius 3 is 2.31 bits per heavy atom. The molecule has 13 heteroatoms. The Kier molecular flexibility index (Phi) is 7.16. The van der Waals surface area contributed by atoms with E-state index in [4.69, 9.17) is 21.1 Å². The molecule has 0 spiro atoms. The minimum absolute atomic E-state index is 0.123. The van der Waals surface area contributed by atoms with Crippen molar-refractivity contribution >= 4 is 29.4 Å². The zero-order valence-corrected chi connectivity index (χ0v) is 17.1. The number of nitrogens with one attached hydrogen (secondary N) is 1. The molecule has 1 saturated heterocycles. The van der Waals surface area contributed by atoms with Crippen molar-refractivity contribution in [3.8, 4) is 0 Å². The smallest absolute Gasteiger partial charge is 0.324 e. The van der Waals surface area contributed by atoms with Crippen LogP contribution in [0.25, 0.3) is 0 Å². The van der Waals surface area contributed by atoms with Crippen molar-refractivity contribution in [2.45, 2.75) is 31.6 Å². The number of benzene rings is 1. The largest absolute Gasteiger partial charge is 0.480 e. The van der Waals surface area contributed by atoms with E-state index in [1.54, 1.807) is 0 Å². The van der Waals surface area contributed by atoms with Gasteiger partial charge in [-0.25, -0.2) is 23.1 Å². The number of carbonyl (C=O) groups is 2. The van der Waals surface area contributed by atoms with Crippen LogP contribution in [0.15, 0.2) is 18.2 Å². The molecule has 2 heterocycles. The van der Waals surface area contributed by atoms with Crippen molar-refractivity contribution in [2.75, 3.05) is 18.5 Å². The Morgan fingerprint density at radius 2 is 1.75 bits per heavy atom. The normalized spacial score (nSPS) is 15.3. The van der Waals surface area contributed by atoms with Crippen LogP contribution in [0.1, 0.15) is 54.0 Å². The third-order valence-electron chi connectivity index (χ3n) is 4.69. The zero-order valence-electron chi connectivity index (χ0n) is 16.4. The van der Waals surface area contributed by atoms with E-state index in [0.717, 1.165) is 6.07 Å². The van der Waals surface area contributed by atoms with Crippen molar-refractivity contribution in [1.82, 2.24) is 9.97 Å². The van der Waals surface area contributed by atoms with Gasteiger partial charge in [0.15, 0.2) is 12.2 Å². The van der Waals surface area contributed by atoms with Crippen molar-refractivity contribution in [3.63, 3.8) is 0 Å². The number of aliphatic carboxylic acids is 2. The minimum Gasteiger partial charge on any atom is -0.480 e. The summed E-state index contributed by atoms with van der Waals surface area (Å²) >= 11 is 5.91. The topological polar surface area (TPSA) is 131 Å². The number of carboxylic acid groups (broad SMARTS) is 2. The van der Waals surface area contributed by atoms with Crippen LogP contribution in [-0.4, -0.2) is 45.3 Å². The quantitative estimate of drug-likeness (QED) is 0.386. The summed E-state index contributed by atoms with van der Waals surface area (Å²) in [6.07, 6.45) is -4.26. The second-order valence-electron chi connectivity index (χ2n) is 6.74. The summed E-state index contributed by atoms with van der Waals surface area (Å²) in [7, 11) is 0. The van der Waals surface area contributed by atoms with Crippen molar-refractivity contribution in [2.24, 2.45) is 0 Å². The van der Waals surface area contributed by atoms with Gasteiger partial charge in [0.25, 0.3) is 6.43 Å². The van der Waals surface area contributed by atoms with Crippen LogP contribution in [0.4, 0.5) is 19.0 Å². The number of carboxylic acids is 2. The second kappa shape index (κ2) is 9.67. The van der Waals surface area contributed by atoms with Crippen LogP contribution >= 0.6 is 11.6 Å². The number of nitrogens with zero attached hydrogens (tertiary/aromatic N) is 2. The highest BCUT2D eigenvalue weighted by Crippen LogP contribution is 2.37. The fraction of sp³-hybridized carbons (Fsp3) is 0.368. The first-order valence-electron chi connectivity index (χ1n) is 9.21. The number of alkyl halides is 2. The number of ether oxygens (including phenoxy) is 2. The van der Waals surface area contributed by atoms with E-state index in [9.17, 15) is 33.0 Å². The molecule has 1 fully saturated rings. The maximum Gasteiger partial charge on any atom is 0.324 e. The molecule has 9 nitrogen and oxygen atoms in total. The summed E-state index contributed by atoms with van der Waals surface area (Å²) in [6.45, 7) is 1.69. The summed E-state index contributed by atoms with van der Waals surface area (Å²) in [5.74, 6) is -6.89. The molecule has 0 aliphatic carbocycles. The van der Waals surface area contributed by atoms with Crippen molar-refractivity contribution < 1.29 is 42.4 Å². The van der Waals surface area contributed by atoms with E-state index in [0.29, 0.717) is 0 Å². The summed E-state index contributed by atoms with van der Waals surface area (Å²) in [5, 5.41) is 21.1. The molecule has 172 valence electrons. The van der Waals surface area contributed by atoms with Crippen LogP contribution in [0.5, 0.6) is 0 Å². The van der Waals surface area contributed by atoms with Crippen LogP contribution in [-0.2, 0) is 19.1 Å². The zero-order chi connectivity index (χ0) is 23.6. The van der Waals surface area contributed by atoms with E-state index in [2.05, 4.69) is 15.3 Å². The Labute approximate surface area is 184 Å². The van der Waals surface area contributed by atoms with E-state index >= 15 is 0 Å². The molecule has 1 atom stereocenters. The van der Waals surface area contributed by atoms with Gasteiger partial charge in [-0.1, -0.05) is 18.2 Å². The standard InChI is InChI=1S/C19H17ClF3N3O6/c1-7(8-3-2-4-9(12(8)21)14(22)23)24-15-10(18-31-5-6-32-18)13(25-19(20)26-15)11(16(27)28)17(29)30/h2-4,7,11,14,18H,5-6H2,1H3,(H,27,28)(H,29,30)(H,24,25,26). The van der Waals surface area contributed by atoms with Gasteiger partial charge in [-0.3, -0.25) is 9.59 Å². The Morgan fingerprint density at radius 1 is 1.16 bits per heavy atom. The number of halogens is 4. The average molecular weight is 476 g/mol. The van der Waals surface area contributed by atoms with Crippen LogP contribution in [0.3, 0.4) is 0 Å². The molecule has 0 amide bonds. The van der Waals surface area contributed by atoms with Crippen molar-refractivity contribution in [3.05, 3.63) is 51.7 Å². The molecular weight excluding hydrogens is 459 g/mol. The fourth-order valence-electron chi connectivity index (χ4n) is 3.24. The molecule has 0 radical (unpaired) electrons. The maximum absolute atomic E-state index is 14.6. The monoisotopic (exact) mass is 475 g/mol. The number of anilines is 1. The number of aromatic nitrogens is 2. The Hall–Kier alpha value is -2.96. The van der Waals surface area contributed by atoms with Gasteiger partial charge < -0.3 is 25.0 Å². The second-order valence-corrected chi connectivity index (χ2v) is 7.08. The molecule has 2 aromatic rings. The Bertz CT molecular complexity index is 1020. The van der Waals surface area contributed by atoms with Gasteiger partial charge in [-0.2, -0.15) is 0 Å². The summed E-state index contributed by atoms with van der Waals surface area (Å²) in [5.41, 5.74) is -1.57. The lowest BCUT2D eigenvalue weighted by molar-refractivity contribution is -0.150. The van der Waals surface area contributed by atoms with E-state index < -0.39 is 59.0 Å². The highest BCUT2D eigenvalue weighted by molar-refractivity contribution is 6.28. The number of hydrogen-bond acceptors (Lipinski definition) is 7. The predicted octanol–water partition coefficient (Wildman–Crippen LogP) is 3.68. The summed E-state index contributed by atoms with van der Waals surface area (Å²) in [4.78, 5) is 31.0. The molecule has 3 N–H and O–H groups in total. The molecule has 1 unspecified atom stereocenters. The van der Waals surface area contributed by atoms with E-state index in [1.807, 2.05) is 0 Å². The van der Waals surface area contributed by atoms with Gasteiger partial charge in [0.05, 0.1) is 36.1 Å². The van der Waals surface area contributed by atoms with Crippen LogP contribution in [0, 0.1) is 5.82 Å².